The van der Waals surface area contributed by atoms with E-state index in [0.29, 0.717) is 17.9 Å². The molecule has 0 aliphatic carbocycles. The number of carbonyl (C=O) groups excluding carboxylic acids is 3. The molecule has 30 heavy (non-hydrogen) atoms. The van der Waals surface area contributed by atoms with Crippen molar-refractivity contribution in [2.45, 2.75) is 24.8 Å². The van der Waals surface area contributed by atoms with Gasteiger partial charge in [0, 0.05) is 33.0 Å². The summed E-state index contributed by atoms with van der Waals surface area (Å²) < 4.78 is 19.3. The van der Waals surface area contributed by atoms with Crippen LogP contribution in [-0.2, 0) is 26.3 Å². The third kappa shape index (κ3) is 4.43. The SMILES string of the molecule is CN(C)CCN1C(=O)C[C@@](CC(=O)N(C)Cc2ccco2)(c2cccc(F)c2)C1=O. The molecule has 2 aromatic rings. The van der Waals surface area contributed by atoms with Gasteiger partial charge in [0.25, 0.3) is 0 Å². The van der Waals surface area contributed by atoms with Crippen molar-refractivity contribution in [1.29, 1.82) is 0 Å². The number of likely N-dealkylation sites (N-methyl/N-ethyl adjacent to an activating group) is 1. The molecule has 1 saturated heterocycles. The smallest absolute Gasteiger partial charge is 0.240 e. The molecular weight excluding hydrogens is 389 g/mol. The highest BCUT2D eigenvalue weighted by molar-refractivity contribution is 6.10. The van der Waals surface area contributed by atoms with Crippen molar-refractivity contribution in [2.24, 2.45) is 0 Å². The number of benzene rings is 1. The van der Waals surface area contributed by atoms with Crippen LogP contribution in [0, 0.1) is 5.82 Å². The van der Waals surface area contributed by atoms with Gasteiger partial charge in [-0.25, -0.2) is 4.39 Å². The minimum atomic E-state index is -1.42. The summed E-state index contributed by atoms with van der Waals surface area (Å²) in [6, 6.07) is 9.07. The van der Waals surface area contributed by atoms with Gasteiger partial charge >= 0.3 is 0 Å². The van der Waals surface area contributed by atoms with Gasteiger partial charge in [-0.3, -0.25) is 19.3 Å². The van der Waals surface area contributed by atoms with E-state index in [1.54, 1.807) is 25.2 Å². The van der Waals surface area contributed by atoms with Gasteiger partial charge in [0.1, 0.15) is 11.6 Å². The Labute approximate surface area is 175 Å². The molecule has 3 rings (SSSR count). The molecule has 0 radical (unpaired) electrons. The standard InChI is InChI=1S/C22H26FN3O4/c1-24(2)9-10-26-20(28)14-22(21(26)29,16-6-4-7-17(23)12-16)13-19(27)25(3)15-18-8-5-11-30-18/h4-8,11-12H,9-10,13-15H2,1-3H3/t22-/m0/s1. The summed E-state index contributed by atoms with van der Waals surface area (Å²) in [6.45, 7) is 0.957. The summed E-state index contributed by atoms with van der Waals surface area (Å²) in [5, 5.41) is 0. The average Bonchev–Trinajstić information content (AvgIpc) is 3.27. The van der Waals surface area contributed by atoms with E-state index >= 15 is 0 Å². The highest BCUT2D eigenvalue weighted by Crippen LogP contribution is 2.40. The quantitative estimate of drug-likeness (QED) is 0.617. The maximum absolute atomic E-state index is 14.0. The first-order valence-electron chi connectivity index (χ1n) is 9.75. The van der Waals surface area contributed by atoms with Gasteiger partial charge in [0.2, 0.25) is 17.7 Å². The zero-order valence-corrected chi connectivity index (χ0v) is 17.4. The summed E-state index contributed by atoms with van der Waals surface area (Å²) in [5.41, 5.74) is -1.08. The Hall–Kier alpha value is -3.00. The molecule has 0 N–H and O–H groups in total. The maximum Gasteiger partial charge on any atom is 0.240 e. The predicted octanol–water partition coefficient (Wildman–Crippen LogP) is 2.03. The number of imide groups is 1. The summed E-state index contributed by atoms with van der Waals surface area (Å²) >= 11 is 0. The molecule has 1 aliphatic rings. The molecule has 7 nitrogen and oxygen atoms in total. The Morgan fingerprint density at radius 3 is 2.60 bits per heavy atom. The Morgan fingerprint density at radius 2 is 1.97 bits per heavy atom. The van der Waals surface area contributed by atoms with E-state index < -0.39 is 17.1 Å². The second kappa shape index (κ2) is 8.79. The van der Waals surface area contributed by atoms with Gasteiger partial charge in [-0.15, -0.1) is 0 Å². The van der Waals surface area contributed by atoms with Gasteiger partial charge in [-0.2, -0.15) is 0 Å². The van der Waals surface area contributed by atoms with Crippen molar-refractivity contribution in [2.75, 3.05) is 34.2 Å². The average molecular weight is 415 g/mol. The number of likely N-dealkylation sites (tertiary alicyclic amines) is 1. The topological polar surface area (TPSA) is 74.1 Å². The van der Waals surface area contributed by atoms with Crippen LogP contribution in [0.25, 0.3) is 0 Å². The number of hydrogen-bond donors (Lipinski definition) is 0. The number of rotatable bonds is 8. The van der Waals surface area contributed by atoms with E-state index in [1.165, 1.54) is 34.3 Å². The number of amides is 3. The second-order valence-corrected chi connectivity index (χ2v) is 7.93. The third-order valence-corrected chi connectivity index (χ3v) is 5.41. The molecule has 3 amide bonds. The number of halogens is 1. The third-order valence-electron chi connectivity index (χ3n) is 5.41. The molecule has 1 fully saturated rings. The highest BCUT2D eigenvalue weighted by Gasteiger charge is 2.54. The molecule has 160 valence electrons. The molecule has 0 unspecified atom stereocenters. The first kappa shape index (κ1) is 21.7. The largest absolute Gasteiger partial charge is 0.467 e. The maximum atomic E-state index is 14.0. The molecule has 2 heterocycles. The van der Waals surface area contributed by atoms with Crippen LogP contribution < -0.4 is 0 Å². The van der Waals surface area contributed by atoms with Crippen LogP contribution in [-0.4, -0.2) is 66.7 Å². The Kier molecular flexibility index (Phi) is 6.36. The van der Waals surface area contributed by atoms with Crippen LogP contribution >= 0.6 is 0 Å². The normalized spacial score (nSPS) is 19.0. The number of nitrogens with zero attached hydrogens (tertiary/aromatic N) is 3. The fourth-order valence-corrected chi connectivity index (χ4v) is 3.70. The van der Waals surface area contributed by atoms with Crippen LogP contribution in [0.15, 0.2) is 47.1 Å². The van der Waals surface area contributed by atoms with Gasteiger partial charge in [-0.1, -0.05) is 12.1 Å². The van der Waals surface area contributed by atoms with Crippen molar-refractivity contribution < 1.29 is 23.2 Å². The van der Waals surface area contributed by atoms with Crippen LogP contribution in [0.4, 0.5) is 4.39 Å². The van der Waals surface area contributed by atoms with E-state index in [-0.39, 0.29) is 37.7 Å². The van der Waals surface area contributed by atoms with Gasteiger partial charge in [0.05, 0.1) is 18.2 Å². The lowest BCUT2D eigenvalue weighted by Crippen LogP contribution is -2.44. The fraction of sp³-hybridized carbons (Fsp3) is 0.409. The van der Waals surface area contributed by atoms with E-state index in [1.807, 2.05) is 19.0 Å². The Morgan fingerprint density at radius 1 is 1.20 bits per heavy atom. The molecule has 0 spiro atoms. The predicted molar refractivity (Wildman–Crippen MR) is 108 cm³/mol. The molecule has 1 aliphatic heterocycles. The fourth-order valence-electron chi connectivity index (χ4n) is 3.70. The van der Waals surface area contributed by atoms with Crippen LogP contribution in [0.2, 0.25) is 0 Å². The zero-order valence-electron chi connectivity index (χ0n) is 17.4. The molecule has 0 bridgehead atoms. The molecule has 0 saturated carbocycles. The number of hydrogen-bond acceptors (Lipinski definition) is 5. The minimum absolute atomic E-state index is 0.164. The van der Waals surface area contributed by atoms with Crippen LogP contribution in [0.3, 0.4) is 0 Å². The van der Waals surface area contributed by atoms with Crippen molar-refractivity contribution in [3.8, 4) is 0 Å². The lowest BCUT2D eigenvalue weighted by atomic mass is 9.75. The highest BCUT2D eigenvalue weighted by atomic mass is 19.1. The van der Waals surface area contributed by atoms with E-state index in [9.17, 15) is 18.8 Å². The van der Waals surface area contributed by atoms with Gasteiger partial charge < -0.3 is 14.2 Å². The molecule has 8 heteroatoms. The van der Waals surface area contributed by atoms with Crippen LogP contribution in [0.5, 0.6) is 0 Å². The molecule has 1 atom stereocenters. The zero-order chi connectivity index (χ0) is 21.9. The first-order valence-corrected chi connectivity index (χ1v) is 9.75. The summed E-state index contributed by atoms with van der Waals surface area (Å²) in [7, 11) is 5.30. The Bertz CT molecular complexity index is 928. The van der Waals surface area contributed by atoms with Crippen molar-refractivity contribution in [1.82, 2.24) is 14.7 Å². The molecule has 1 aromatic carbocycles. The summed E-state index contributed by atoms with van der Waals surface area (Å²) in [5.74, 6) is -1.05. The lowest BCUT2D eigenvalue weighted by molar-refractivity contribution is -0.142. The van der Waals surface area contributed by atoms with Crippen molar-refractivity contribution in [3.05, 3.63) is 59.8 Å². The minimum Gasteiger partial charge on any atom is -0.467 e. The second-order valence-electron chi connectivity index (χ2n) is 7.93. The lowest BCUT2D eigenvalue weighted by Gasteiger charge is -2.29. The summed E-state index contributed by atoms with van der Waals surface area (Å²) in [4.78, 5) is 43.7. The molecular formula is C22H26FN3O4. The van der Waals surface area contributed by atoms with E-state index in [0.717, 1.165) is 0 Å². The molecule has 1 aromatic heterocycles. The van der Waals surface area contributed by atoms with Gasteiger partial charge in [0.15, 0.2) is 0 Å². The van der Waals surface area contributed by atoms with E-state index in [2.05, 4.69) is 0 Å². The first-order chi connectivity index (χ1) is 14.2. The van der Waals surface area contributed by atoms with Crippen LogP contribution in [0.1, 0.15) is 24.2 Å². The monoisotopic (exact) mass is 415 g/mol. The number of furan rings is 1. The number of carbonyl (C=O) groups is 3. The van der Waals surface area contributed by atoms with Crippen molar-refractivity contribution >= 4 is 17.7 Å². The Balaban J connectivity index is 1.90. The van der Waals surface area contributed by atoms with Crippen molar-refractivity contribution in [3.63, 3.8) is 0 Å². The summed E-state index contributed by atoms with van der Waals surface area (Å²) in [6.07, 6.45) is 1.13. The van der Waals surface area contributed by atoms with E-state index in [4.69, 9.17) is 4.42 Å². The van der Waals surface area contributed by atoms with Gasteiger partial charge in [-0.05, 0) is 43.9 Å².